The van der Waals surface area contributed by atoms with Crippen LogP contribution in [0.3, 0.4) is 0 Å². The molecule has 0 spiro atoms. The Morgan fingerprint density at radius 2 is 1.80 bits per heavy atom. The average Bonchev–Trinajstić information content (AvgIpc) is 2.99. The molecule has 4 aromatic rings. The van der Waals surface area contributed by atoms with Crippen LogP contribution >= 0.6 is 34.3 Å². The molecule has 0 bridgehead atoms. The Hall–Kier alpha value is -1.69. The van der Waals surface area contributed by atoms with Crippen molar-refractivity contribution in [3.8, 4) is 10.6 Å². The lowest BCUT2D eigenvalue weighted by atomic mass is 10.2. The van der Waals surface area contributed by atoms with Gasteiger partial charge in [0.2, 0.25) is 0 Å². The van der Waals surface area contributed by atoms with Gasteiger partial charge in [-0.25, -0.2) is 9.97 Å². The van der Waals surface area contributed by atoms with Crippen molar-refractivity contribution in [1.29, 1.82) is 0 Å². The quantitative estimate of drug-likeness (QED) is 0.548. The summed E-state index contributed by atoms with van der Waals surface area (Å²) in [5, 5.41) is 2.28. The molecule has 2 N–H and O–H groups in total. The minimum absolute atomic E-state index is 0.591. The van der Waals surface area contributed by atoms with Gasteiger partial charge in [-0.3, -0.25) is 0 Å². The molecule has 0 radical (unpaired) electrons. The zero-order valence-corrected chi connectivity index (χ0v) is 12.5. The van der Waals surface area contributed by atoms with E-state index in [1.807, 2.05) is 30.3 Å². The van der Waals surface area contributed by atoms with E-state index in [1.165, 1.54) is 11.3 Å². The molecule has 4 rings (SSSR count). The van der Waals surface area contributed by atoms with E-state index < -0.39 is 0 Å². The summed E-state index contributed by atoms with van der Waals surface area (Å²) in [6, 6.07) is 11.9. The van der Waals surface area contributed by atoms with Crippen LogP contribution in [-0.2, 0) is 0 Å². The van der Waals surface area contributed by atoms with Gasteiger partial charge in [-0.2, -0.15) is 0 Å². The van der Waals surface area contributed by atoms with Crippen LogP contribution in [-0.4, -0.2) is 9.97 Å². The van der Waals surface area contributed by atoms with Gasteiger partial charge in [-0.1, -0.05) is 22.9 Å². The molecule has 2 heterocycles. The van der Waals surface area contributed by atoms with Crippen molar-refractivity contribution in [2.24, 2.45) is 0 Å². The molecule has 0 aliphatic rings. The first kappa shape index (κ1) is 12.1. The molecule has 0 aliphatic heterocycles. The van der Waals surface area contributed by atoms with Crippen molar-refractivity contribution >= 4 is 59.8 Å². The predicted molar refractivity (Wildman–Crippen MR) is 87.7 cm³/mol. The lowest BCUT2D eigenvalue weighted by Gasteiger charge is -1.94. The van der Waals surface area contributed by atoms with Gasteiger partial charge < -0.3 is 5.73 Å². The third-order valence-corrected chi connectivity index (χ3v) is 5.17. The number of thiazole rings is 2. The maximum Gasteiger partial charge on any atom is 0.181 e. The molecule has 3 nitrogen and oxygen atoms in total. The molecule has 0 unspecified atom stereocenters. The molecular formula is C14H8ClN3S2. The normalized spacial score (nSPS) is 11.4. The first-order valence-electron chi connectivity index (χ1n) is 5.91. The van der Waals surface area contributed by atoms with E-state index in [4.69, 9.17) is 17.3 Å². The number of anilines is 1. The summed E-state index contributed by atoms with van der Waals surface area (Å²) in [6.07, 6.45) is 0. The number of rotatable bonds is 1. The van der Waals surface area contributed by atoms with E-state index in [-0.39, 0.29) is 0 Å². The highest BCUT2D eigenvalue weighted by atomic mass is 35.5. The zero-order chi connectivity index (χ0) is 13.7. The number of hydrogen-bond donors (Lipinski definition) is 1. The van der Waals surface area contributed by atoms with E-state index >= 15 is 0 Å². The minimum Gasteiger partial charge on any atom is -0.375 e. The first-order chi connectivity index (χ1) is 9.69. The van der Waals surface area contributed by atoms with Crippen molar-refractivity contribution in [3.05, 3.63) is 41.4 Å². The number of nitrogens with two attached hydrogens (primary N) is 1. The summed E-state index contributed by atoms with van der Waals surface area (Å²) < 4.78 is 2.21. The third kappa shape index (κ3) is 1.95. The van der Waals surface area contributed by atoms with Crippen LogP contribution in [0, 0.1) is 0 Å². The zero-order valence-electron chi connectivity index (χ0n) is 10.1. The van der Waals surface area contributed by atoms with Crippen LogP contribution in [0.25, 0.3) is 31.0 Å². The molecule has 0 atom stereocenters. The van der Waals surface area contributed by atoms with Crippen molar-refractivity contribution in [3.63, 3.8) is 0 Å². The van der Waals surface area contributed by atoms with Crippen LogP contribution < -0.4 is 5.73 Å². The summed E-state index contributed by atoms with van der Waals surface area (Å²) in [4.78, 5) is 8.91. The van der Waals surface area contributed by atoms with Crippen molar-refractivity contribution < 1.29 is 0 Å². The van der Waals surface area contributed by atoms with Gasteiger partial charge in [-0.15, -0.1) is 11.3 Å². The van der Waals surface area contributed by atoms with E-state index in [0.29, 0.717) is 10.2 Å². The first-order valence-corrected chi connectivity index (χ1v) is 7.93. The number of aromatic nitrogens is 2. The van der Waals surface area contributed by atoms with Crippen molar-refractivity contribution in [2.45, 2.75) is 0 Å². The second kappa shape index (κ2) is 4.41. The van der Waals surface area contributed by atoms with Gasteiger partial charge in [0.15, 0.2) is 5.13 Å². The topological polar surface area (TPSA) is 51.8 Å². The smallest absolute Gasteiger partial charge is 0.181 e. The molecule has 0 amide bonds. The predicted octanol–water partition coefficient (Wildman–Crippen LogP) is 4.81. The standard InChI is InChI=1S/C14H8ClN3S2/c15-8-2-4-11-10(6-8)17-13(19-11)7-1-3-9-12(5-7)20-14(16)18-9/h1-6H,(H2,16,18). The van der Waals surface area contributed by atoms with Crippen molar-refractivity contribution in [1.82, 2.24) is 9.97 Å². The summed E-state index contributed by atoms with van der Waals surface area (Å²) in [5.74, 6) is 0. The van der Waals surface area contributed by atoms with Gasteiger partial charge in [0.25, 0.3) is 0 Å². The Balaban J connectivity index is 1.90. The lowest BCUT2D eigenvalue weighted by molar-refractivity contribution is 1.47. The average molecular weight is 318 g/mol. The fourth-order valence-electron chi connectivity index (χ4n) is 2.10. The second-order valence-corrected chi connectivity index (χ2v) is 6.89. The second-order valence-electron chi connectivity index (χ2n) is 4.37. The van der Waals surface area contributed by atoms with E-state index in [0.717, 1.165) is 31.0 Å². The van der Waals surface area contributed by atoms with Gasteiger partial charge in [0.1, 0.15) is 5.01 Å². The Bertz CT molecular complexity index is 942. The molecule has 6 heteroatoms. The van der Waals surface area contributed by atoms with Gasteiger partial charge in [-0.05, 0) is 36.4 Å². The molecule has 0 fully saturated rings. The summed E-state index contributed by atoms with van der Waals surface area (Å²) in [5.41, 5.74) is 8.68. The van der Waals surface area contributed by atoms with Crippen LogP contribution in [0.2, 0.25) is 5.02 Å². The third-order valence-electron chi connectivity index (χ3n) is 3.00. The van der Waals surface area contributed by atoms with Crippen LogP contribution in [0.1, 0.15) is 0 Å². The van der Waals surface area contributed by atoms with Crippen LogP contribution in [0.15, 0.2) is 36.4 Å². The Kier molecular flexibility index (Phi) is 2.66. The Morgan fingerprint density at radius 3 is 2.70 bits per heavy atom. The fraction of sp³-hybridized carbons (Fsp3) is 0. The fourth-order valence-corrected chi connectivity index (χ4v) is 3.98. The molecule has 2 aromatic heterocycles. The summed E-state index contributed by atoms with van der Waals surface area (Å²) in [6.45, 7) is 0. The highest BCUT2D eigenvalue weighted by Crippen LogP contribution is 2.34. The monoisotopic (exact) mass is 317 g/mol. The van der Waals surface area contributed by atoms with E-state index in [2.05, 4.69) is 16.0 Å². The lowest BCUT2D eigenvalue weighted by Crippen LogP contribution is -1.79. The molecule has 0 aliphatic carbocycles. The molecule has 98 valence electrons. The minimum atomic E-state index is 0.591. The summed E-state index contributed by atoms with van der Waals surface area (Å²) in [7, 11) is 0. The number of fused-ring (bicyclic) bond motifs is 2. The molecule has 2 aromatic carbocycles. The Labute approximate surface area is 127 Å². The number of nitrogens with zero attached hydrogens (tertiary/aromatic N) is 2. The number of nitrogen functional groups attached to an aromatic ring is 1. The number of halogens is 1. The highest BCUT2D eigenvalue weighted by Gasteiger charge is 2.09. The Morgan fingerprint density at radius 1 is 0.900 bits per heavy atom. The van der Waals surface area contributed by atoms with Crippen LogP contribution in [0.4, 0.5) is 5.13 Å². The van der Waals surface area contributed by atoms with Crippen LogP contribution in [0.5, 0.6) is 0 Å². The van der Waals surface area contributed by atoms with Gasteiger partial charge in [0, 0.05) is 10.6 Å². The number of benzene rings is 2. The molecular weight excluding hydrogens is 310 g/mol. The van der Waals surface area contributed by atoms with Crippen molar-refractivity contribution in [2.75, 3.05) is 5.73 Å². The molecule has 20 heavy (non-hydrogen) atoms. The largest absolute Gasteiger partial charge is 0.375 e. The number of hydrogen-bond acceptors (Lipinski definition) is 5. The SMILES string of the molecule is Nc1nc2ccc(-c3nc4cc(Cl)ccc4s3)cc2s1. The highest BCUT2D eigenvalue weighted by molar-refractivity contribution is 7.22. The summed E-state index contributed by atoms with van der Waals surface area (Å²) >= 11 is 9.15. The van der Waals surface area contributed by atoms with Gasteiger partial charge in [0.05, 0.1) is 20.4 Å². The molecule has 0 saturated carbocycles. The maximum atomic E-state index is 6.00. The maximum absolute atomic E-state index is 6.00. The van der Waals surface area contributed by atoms with E-state index in [9.17, 15) is 0 Å². The molecule has 0 saturated heterocycles. The van der Waals surface area contributed by atoms with Gasteiger partial charge >= 0.3 is 0 Å². The van der Waals surface area contributed by atoms with E-state index in [1.54, 1.807) is 11.3 Å².